The summed E-state index contributed by atoms with van der Waals surface area (Å²) in [4.78, 5) is 26.3. The third-order valence-electron chi connectivity index (χ3n) is 5.33. The van der Waals surface area contributed by atoms with E-state index in [0.29, 0.717) is 35.5 Å². The summed E-state index contributed by atoms with van der Waals surface area (Å²) in [7, 11) is 3.15. The zero-order valence-electron chi connectivity index (χ0n) is 16.0. The Kier molecular flexibility index (Phi) is 5.49. The van der Waals surface area contributed by atoms with Crippen molar-refractivity contribution in [2.75, 3.05) is 14.2 Å². The van der Waals surface area contributed by atoms with Gasteiger partial charge in [-0.3, -0.25) is 9.59 Å². The number of hydrogen-bond acceptors (Lipinski definition) is 4. The number of amides is 1. The van der Waals surface area contributed by atoms with E-state index in [9.17, 15) is 9.59 Å². The van der Waals surface area contributed by atoms with Crippen LogP contribution < -0.4 is 14.8 Å². The van der Waals surface area contributed by atoms with E-state index in [0.717, 1.165) is 18.4 Å². The lowest BCUT2D eigenvalue weighted by Crippen LogP contribution is -2.52. The van der Waals surface area contributed by atoms with Crippen LogP contribution in [0.15, 0.2) is 42.5 Å². The fraction of sp³-hybridized carbons (Fsp3) is 0.364. The van der Waals surface area contributed by atoms with Gasteiger partial charge in [0.25, 0.3) is 5.91 Å². The molecule has 2 aromatic carbocycles. The zero-order valence-corrected chi connectivity index (χ0v) is 16.0. The molecule has 3 rings (SSSR count). The fourth-order valence-electron chi connectivity index (χ4n) is 3.79. The molecular formula is C22H25NO4. The number of carbonyl (C=O) groups is 2. The summed E-state index contributed by atoms with van der Waals surface area (Å²) >= 11 is 0. The molecule has 2 aromatic rings. The normalized spacial score (nSPS) is 15.2. The van der Waals surface area contributed by atoms with Gasteiger partial charge in [0.15, 0.2) is 5.78 Å². The first-order valence-corrected chi connectivity index (χ1v) is 9.16. The molecule has 1 aliphatic carbocycles. The molecule has 0 radical (unpaired) electrons. The molecule has 0 unspecified atom stereocenters. The molecule has 27 heavy (non-hydrogen) atoms. The first-order chi connectivity index (χ1) is 13.0. The third kappa shape index (κ3) is 3.68. The second-order valence-electron chi connectivity index (χ2n) is 6.94. The molecule has 0 aliphatic heterocycles. The van der Waals surface area contributed by atoms with E-state index in [1.165, 1.54) is 0 Å². The van der Waals surface area contributed by atoms with Gasteiger partial charge in [0.1, 0.15) is 17.0 Å². The van der Waals surface area contributed by atoms with Crippen molar-refractivity contribution in [3.05, 3.63) is 59.2 Å². The molecule has 1 aliphatic rings. The standard InChI is InChI=1S/C22H25NO4/c1-15-18(10-7-11-19(15)27-3)21(25)23-22(12-4-5-13-22)20(24)16-8-6-9-17(14-16)26-2/h6-11,14H,4-5,12-13H2,1-3H3,(H,23,25). The third-order valence-corrected chi connectivity index (χ3v) is 5.33. The largest absolute Gasteiger partial charge is 0.497 e. The second-order valence-corrected chi connectivity index (χ2v) is 6.94. The minimum absolute atomic E-state index is 0.0622. The Balaban J connectivity index is 1.91. The van der Waals surface area contributed by atoms with Gasteiger partial charge >= 0.3 is 0 Å². The van der Waals surface area contributed by atoms with Gasteiger partial charge in [0.2, 0.25) is 0 Å². The lowest BCUT2D eigenvalue weighted by Gasteiger charge is -2.29. The Morgan fingerprint density at radius 3 is 2.37 bits per heavy atom. The first kappa shape index (κ1) is 19.0. The lowest BCUT2D eigenvalue weighted by atomic mass is 9.87. The monoisotopic (exact) mass is 367 g/mol. The number of hydrogen-bond donors (Lipinski definition) is 1. The Morgan fingerprint density at radius 2 is 1.70 bits per heavy atom. The highest BCUT2D eigenvalue weighted by Crippen LogP contribution is 2.34. The number of methoxy groups -OCH3 is 2. The summed E-state index contributed by atoms with van der Waals surface area (Å²) < 4.78 is 10.6. The summed E-state index contributed by atoms with van der Waals surface area (Å²) in [5.41, 5.74) is 0.969. The summed E-state index contributed by atoms with van der Waals surface area (Å²) in [5, 5.41) is 3.05. The number of carbonyl (C=O) groups excluding carboxylic acids is 2. The smallest absolute Gasteiger partial charge is 0.252 e. The van der Waals surface area contributed by atoms with Crippen molar-refractivity contribution in [1.82, 2.24) is 5.32 Å². The predicted molar refractivity (Wildman–Crippen MR) is 104 cm³/mol. The van der Waals surface area contributed by atoms with Crippen molar-refractivity contribution in [2.45, 2.75) is 38.1 Å². The number of rotatable bonds is 6. The molecule has 0 saturated heterocycles. The Morgan fingerprint density at radius 1 is 1.00 bits per heavy atom. The Hall–Kier alpha value is -2.82. The summed E-state index contributed by atoms with van der Waals surface area (Å²) in [5.74, 6) is 0.976. The molecule has 0 aromatic heterocycles. The number of benzene rings is 2. The topological polar surface area (TPSA) is 64.6 Å². The van der Waals surface area contributed by atoms with E-state index >= 15 is 0 Å². The van der Waals surface area contributed by atoms with Crippen molar-refractivity contribution >= 4 is 11.7 Å². The fourth-order valence-corrected chi connectivity index (χ4v) is 3.79. The van der Waals surface area contributed by atoms with Crippen LogP contribution in [0.1, 0.15) is 52.0 Å². The van der Waals surface area contributed by atoms with Crippen LogP contribution in [0.4, 0.5) is 0 Å². The Bertz CT molecular complexity index is 853. The van der Waals surface area contributed by atoms with Crippen molar-refractivity contribution in [1.29, 1.82) is 0 Å². The average Bonchev–Trinajstić information content (AvgIpc) is 3.17. The molecule has 1 N–H and O–H groups in total. The number of ether oxygens (including phenoxy) is 2. The SMILES string of the molecule is COc1cccc(C(=O)C2(NC(=O)c3cccc(OC)c3C)CCCC2)c1. The highest BCUT2D eigenvalue weighted by atomic mass is 16.5. The molecule has 142 valence electrons. The highest BCUT2D eigenvalue weighted by Gasteiger charge is 2.43. The summed E-state index contributed by atoms with van der Waals surface area (Å²) in [6, 6.07) is 12.5. The van der Waals surface area contributed by atoms with Crippen molar-refractivity contribution in [3.8, 4) is 11.5 Å². The Labute approximate surface area is 159 Å². The van der Waals surface area contributed by atoms with Gasteiger partial charge < -0.3 is 14.8 Å². The van der Waals surface area contributed by atoms with Gasteiger partial charge in [0, 0.05) is 16.7 Å². The minimum atomic E-state index is -0.876. The van der Waals surface area contributed by atoms with Crippen LogP contribution in [0.3, 0.4) is 0 Å². The summed E-state index contributed by atoms with van der Waals surface area (Å²) in [6.45, 7) is 1.85. The maximum absolute atomic E-state index is 13.3. The molecule has 0 spiro atoms. The van der Waals surface area contributed by atoms with Crippen LogP contribution in [0, 0.1) is 6.92 Å². The van der Waals surface area contributed by atoms with Crippen LogP contribution in [0.2, 0.25) is 0 Å². The van der Waals surface area contributed by atoms with Crippen molar-refractivity contribution in [3.63, 3.8) is 0 Å². The minimum Gasteiger partial charge on any atom is -0.497 e. The van der Waals surface area contributed by atoms with Crippen LogP contribution in [0.25, 0.3) is 0 Å². The highest BCUT2D eigenvalue weighted by molar-refractivity contribution is 6.08. The molecular weight excluding hydrogens is 342 g/mol. The molecule has 1 saturated carbocycles. The number of Topliss-reactive ketones (excluding diaryl/α,β-unsaturated/α-hetero) is 1. The molecule has 5 nitrogen and oxygen atoms in total. The summed E-state index contributed by atoms with van der Waals surface area (Å²) in [6.07, 6.45) is 3.09. The van der Waals surface area contributed by atoms with Crippen LogP contribution >= 0.6 is 0 Å². The maximum atomic E-state index is 13.3. The molecule has 1 fully saturated rings. The quantitative estimate of drug-likeness (QED) is 0.786. The van der Waals surface area contributed by atoms with Gasteiger partial charge in [0.05, 0.1) is 14.2 Å². The van der Waals surface area contributed by atoms with Gasteiger partial charge in [-0.15, -0.1) is 0 Å². The van der Waals surface area contributed by atoms with Crippen molar-refractivity contribution in [2.24, 2.45) is 0 Å². The molecule has 1 amide bonds. The molecule has 5 heteroatoms. The van der Waals surface area contributed by atoms with E-state index in [-0.39, 0.29) is 11.7 Å². The van der Waals surface area contributed by atoms with Crippen LogP contribution in [-0.4, -0.2) is 31.4 Å². The number of nitrogens with one attached hydrogen (secondary N) is 1. The zero-order chi connectivity index (χ0) is 19.4. The first-order valence-electron chi connectivity index (χ1n) is 9.16. The van der Waals surface area contributed by atoms with Gasteiger partial charge in [-0.05, 0) is 44.0 Å². The maximum Gasteiger partial charge on any atom is 0.252 e. The van der Waals surface area contributed by atoms with E-state index in [2.05, 4.69) is 5.32 Å². The number of ketones is 1. The predicted octanol–water partition coefficient (Wildman–Crippen LogP) is 3.94. The van der Waals surface area contributed by atoms with Gasteiger partial charge in [-0.1, -0.05) is 31.0 Å². The second kappa shape index (κ2) is 7.82. The van der Waals surface area contributed by atoms with Gasteiger partial charge in [-0.2, -0.15) is 0 Å². The van der Waals surface area contributed by atoms with E-state index in [1.54, 1.807) is 50.6 Å². The van der Waals surface area contributed by atoms with Crippen LogP contribution in [-0.2, 0) is 0 Å². The van der Waals surface area contributed by atoms with Crippen molar-refractivity contribution < 1.29 is 19.1 Å². The molecule has 0 bridgehead atoms. The van der Waals surface area contributed by atoms with E-state index < -0.39 is 5.54 Å². The van der Waals surface area contributed by atoms with Crippen LogP contribution in [0.5, 0.6) is 11.5 Å². The molecule has 0 atom stereocenters. The van der Waals surface area contributed by atoms with E-state index in [1.807, 2.05) is 13.0 Å². The average molecular weight is 367 g/mol. The molecule has 0 heterocycles. The van der Waals surface area contributed by atoms with Gasteiger partial charge in [-0.25, -0.2) is 0 Å². The lowest BCUT2D eigenvalue weighted by molar-refractivity contribution is 0.0769. The van der Waals surface area contributed by atoms with E-state index in [4.69, 9.17) is 9.47 Å².